The highest BCUT2D eigenvalue weighted by molar-refractivity contribution is 5.67. The van der Waals surface area contributed by atoms with E-state index in [4.69, 9.17) is 4.74 Å². The van der Waals surface area contributed by atoms with Crippen molar-refractivity contribution in [3.8, 4) is 0 Å². The van der Waals surface area contributed by atoms with Gasteiger partial charge in [-0.3, -0.25) is 0 Å². The minimum absolute atomic E-state index is 0.336. The molecule has 0 atom stereocenters. The second-order valence-electron chi connectivity index (χ2n) is 6.17. The van der Waals surface area contributed by atoms with Gasteiger partial charge >= 0.3 is 6.09 Å². The first kappa shape index (κ1) is 15.0. The van der Waals surface area contributed by atoms with Crippen LogP contribution in [0.5, 0.6) is 0 Å². The number of aldehydes is 1. The van der Waals surface area contributed by atoms with E-state index in [2.05, 4.69) is 5.32 Å². The van der Waals surface area contributed by atoms with Crippen LogP contribution in [0.1, 0.15) is 52.9 Å². The molecular weight excluding hydrogens is 230 g/mol. The van der Waals surface area contributed by atoms with Crippen molar-refractivity contribution >= 4 is 12.4 Å². The summed E-state index contributed by atoms with van der Waals surface area (Å²) in [5, 5.41) is 2.83. The van der Waals surface area contributed by atoms with Gasteiger partial charge in [-0.05, 0) is 58.3 Å². The van der Waals surface area contributed by atoms with Crippen molar-refractivity contribution in [1.82, 2.24) is 5.32 Å². The smallest absolute Gasteiger partial charge is 0.407 e. The van der Waals surface area contributed by atoms with Gasteiger partial charge in [0.1, 0.15) is 11.9 Å². The predicted octanol–water partition coefficient (Wildman–Crippen LogP) is 2.91. The molecule has 1 amide bonds. The van der Waals surface area contributed by atoms with E-state index in [0.29, 0.717) is 24.8 Å². The minimum Gasteiger partial charge on any atom is -0.444 e. The Morgan fingerprint density at radius 2 is 1.78 bits per heavy atom. The van der Waals surface area contributed by atoms with Crippen molar-refractivity contribution in [1.29, 1.82) is 0 Å². The second kappa shape index (κ2) is 6.76. The lowest BCUT2D eigenvalue weighted by Gasteiger charge is -2.28. The van der Waals surface area contributed by atoms with Gasteiger partial charge in [0, 0.05) is 13.0 Å². The number of hydrogen-bond donors (Lipinski definition) is 1. The van der Waals surface area contributed by atoms with Crippen LogP contribution < -0.4 is 5.32 Å². The van der Waals surface area contributed by atoms with Gasteiger partial charge in [0.15, 0.2) is 0 Å². The topological polar surface area (TPSA) is 55.4 Å². The molecular formula is C14H25NO3. The number of ether oxygens (including phenoxy) is 1. The summed E-state index contributed by atoms with van der Waals surface area (Å²) < 4.78 is 5.19. The number of nitrogens with one attached hydrogen (secondary N) is 1. The molecule has 1 rings (SSSR count). The van der Waals surface area contributed by atoms with Crippen LogP contribution in [0, 0.1) is 11.8 Å². The Morgan fingerprint density at radius 1 is 1.22 bits per heavy atom. The molecule has 1 saturated carbocycles. The molecule has 0 aromatic rings. The Hall–Kier alpha value is -1.06. The van der Waals surface area contributed by atoms with E-state index in [0.717, 1.165) is 32.0 Å². The van der Waals surface area contributed by atoms with Gasteiger partial charge in [-0.25, -0.2) is 4.79 Å². The lowest BCUT2D eigenvalue weighted by molar-refractivity contribution is -0.108. The summed E-state index contributed by atoms with van der Waals surface area (Å²) in [6.45, 7) is 6.26. The van der Waals surface area contributed by atoms with Crippen molar-refractivity contribution in [2.75, 3.05) is 6.54 Å². The van der Waals surface area contributed by atoms with Crippen LogP contribution in [0.4, 0.5) is 4.79 Å². The fourth-order valence-corrected chi connectivity index (χ4v) is 2.35. The number of alkyl carbamates (subject to hydrolysis) is 1. The van der Waals surface area contributed by atoms with Gasteiger partial charge in [-0.15, -0.1) is 0 Å². The number of carbonyl (C=O) groups excluding carboxylic acids is 2. The molecule has 0 aliphatic heterocycles. The summed E-state index contributed by atoms with van der Waals surface area (Å²) in [6, 6.07) is 0. The van der Waals surface area contributed by atoms with E-state index in [-0.39, 0.29) is 6.09 Å². The maximum atomic E-state index is 11.5. The van der Waals surface area contributed by atoms with Crippen LogP contribution in [0.2, 0.25) is 0 Å². The van der Waals surface area contributed by atoms with Crippen molar-refractivity contribution < 1.29 is 14.3 Å². The molecule has 0 heterocycles. The number of carbonyl (C=O) groups is 2. The first-order valence-corrected chi connectivity index (χ1v) is 6.81. The first-order chi connectivity index (χ1) is 8.40. The van der Waals surface area contributed by atoms with Crippen LogP contribution in [0.25, 0.3) is 0 Å². The highest BCUT2D eigenvalue weighted by Gasteiger charge is 2.22. The summed E-state index contributed by atoms with van der Waals surface area (Å²) in [7, 11) is 0. The molecule has 0 saturated heterocycles. The van der Waals surface area contributed by atoms with Crippen LogP contribution >= 0.6 is 0 Å². The highest BCUT2D eigenvalue weighted by atomic mass is 16.6. The molecule has 0 bridgehead atoms. The standard InChI is InChI=1S/C14H25NO3/c1-14(2,3)18-13(17)15-10-12-6-4-11(5-7-12)8-9-16/h9,11-12H,4-8,10H2,1-3H3,(H,15,17). The maximum Gasteiger partial charge on any atom is 0.407 e. The Morgan fingerprint density at radius 3 is 2.28 bits per heavy atom. The van der Waals surface area contributed by atoms with Crippen molar-refractivity contribution in [3.63, 3.8) is 0 Å². The minimum atomic E-state index is -0.439. The summed E-state index contributed by atoms with van der Waals surface area (Å²) in [4.78, 5) is 21.9. The third-order valence-corrected chi connectivity index (χ3v) is 3.33. The number of hydrogen-bond acceptors (Lipinski definition) is 3. The van der Waals surface area contributed by atoms with Gasteiger partial charge in [-0.2, -0.15) is 0 Å². The van der Waals surface area contributed by atoms with Gasteiger partial charge in [0.2, 0.25) is 0 Å². The van der Waals surface area contributed by atoms with Gasteiger partial charge in [-0.1, -0.05) is 0 Å². The molecule has 1 N–H and O–H groups in total. The highest BCUT2D eigenvalue weighted by Crippen LogP contribution is 2.29. The van der Waals surface area contributed by atoms with Crippen molar-refractivity contribution in [2.24, 2.45) is 11.8 Å². The van der Waals surface area contributed by atoms with E-state index in [1.807, 2.05) is 20.8 Å². The molecule has 4 nitrogen and oxygen atoms in total. The third kappa shape index (κ3) is 6.03. The van der Waals surface area contributed by atoms with Gasteiger partial charge in [0.25, 0.3) is 0 Å². The molecule has 0 unspecified atom stereocenters. The summed E-state index contributed by atoms with van der Waals surface area (Å²) in [5.74, 6) is 1.08. The molecule has 1 aliphatic carbocycles. The summed E-state index contributed by atoms with van der Waals surface area (Å²) in [5.41, 5.74) is -0.439. The van der Waals surface area contributed by atoms with Gasteiger partial charge < -0.3 is 14.8 Å². The first-order valence-electron chi connectivity index (χ1n) is 6.81. The molecule has 1 fully saturated rings. The molecule has 0 spiro atoms. The van der Waals surface area contributed by atoms with Crippen LogP contribution in [-0.4, -0.2) is 24.5 Å². The average Bonchev–Trinajstić information content (AvgIpc) is 2.26. The number of amides is 1. The Bertz CT molecular complexity index is 275. The van der Waals surface area contributed by atoms with E-state index in [1.165, 1.54) is 0 Å². The monoisotopic (exact) mass is 255 g/mol. The SMILES string of the molecule is CC(C)(C)OC(=O)NCC1CCC(CC=O)CC1. The average molecular weight is 255 g/mol. The normalized spacial score (nSPS) is 24.4. The van der Waals surface area contributed by atoms with E-state index < -0.39 is 5.60 Å². The van der Waals surface area contributed by atoms with Crippen molar-refractivity contribution in [3.05, 3.63) is 0 Å². The zero-order valence-corrected chi connectivity index (χ0v) is 11.7. The van der Waals surface area contributed by atoms with E-state index >= 15 is 0 Å². The fourth-order valence-electron chi connectivity index (χ4n) is 2.35. The zero-order chi connectivity index (χ0) is 13.6. The quantitative estimate of drug-likeness (QED) is 0.786. The molecule has 0 aromatic carbocycles. The predicted molar refractivity (Wildman–Crippen MR) is 70.4 cm³/mol. The van der Waals surface area contributed by atoms with Crippen LogP contribution in [0.3, 0.4) is 0 Å². The van der Waals surface area contributed by atoms with Crippen LogP contribution in [-0.2, 0) is 9.53 Å². The lowest BCUT2D eigenvalue weighted by atomic mass is 9.81. The summed E-state index contributed by atoms with van der Waals surface area (Å²) >= 11 is 0. The fraction of sp³-hybridized carbons (Fsp3) is 0.857. The zero-order valence-electron chi connectivity index (χ0n) is 11.7. The molecule has 4 heteroatoms. The van der Waals surface area contributed by atoms with Crippen LogP contribution in [0.15, 0.2) is 0 Å². The van der Waals surface area contributed by atoms with E-state index in [1.54, 1.807) is 0 Å². The molecule has 0 aromatic heterocycles. The molecule has 104 valence electrons. The number of rotatable bonds is 4. The van der Waals surface area contributed by atoms with Crippen molar-refractivity contribution in [2.45, 2.75) is 58.5 Å². The largest absolute Gasteiger partial charge is 0.444 e. The van der Waals surface area contributed by atoms with E-state index in [9.17, 15) is 9.59 Å². The molecule has 1 aliphatic rings. The third-order valence-electron chi connectivity index (χ3n) is 3.33. The molecule has 0 radical (unpaired) electrons. The summed E-state index contributed by atoms with van der Waals surface area (Å²) in [6.07, 6.45) is 5.75. The maximum absolute atomic E-state index is 11.5. The van der Waals surface area contributed by atoms with Gasteiger partial charge in [0.05, 0.1) is 0 Å². The second-order valence-corrected chi connectivity index (χ2v) is 6.17. The Kier molecular flexibility index (Phi) is 5.63. The Labute approximate surface area is 109 Å². The molecule has 18 heavy (non-hydrogen) atoms. The Balaban J connectivity index is 2.18. The lowest BCUT2D eigenvalue weighted by Crippen LogP contribution is -2.36.